The van der Waals surface area contributed by atoms with Gasteiger partial charge in [-0.15, -0.1) is 11.3 Å². The maximum atomic E-state index is 13.6. The van der Waals surface area contributed by atoms with Crippen molar-refractivity contribution in [1.29, 1.82) is 0 Å². The highest BCUT2D eigenvalue weighted by molar-refractivity contribution is 7.13. The minimum absolute atomic E-state index is 0.0172. The molecule has 5 nitrogen and oxygen atoms in total. The van der Waals surface area contributed by atoms with Gasteiger partial charge in [-0.25, -0.2) is 4.98 Å². The lowest BCUT2D eigenvalue weighted by molar-refractivity contribution is -0.133. The summed E-state index contributed by atoms with van der Waals surface area (Å²) in [4.78, 5) is 28.1. The third-order valence-corrected chi connectivity index (χ3v) is 8.07. The number of H-pyrrole nitrogens is 1. The third-order valence-electron chi connectivity index (χ3n) is 6.78. The summed E-state index contributed by atoms with van der Waals surface area (Å²) >= 11 is 8.21. The number of halogens is 1. The molecule has 2 atom stereocenters. The molecular weight excluding hydrogens is 476 g/mol. The van der Waals surface area contributed by atoms with Gasteiger partial charge in [0.25, 0.3) is 0 Å². The monoisotopic (exact) mass is 498 g/mol. The average molecular weight is 499 g/mol. The molecule has 0 saturated carbocycles. The molecule has 1 N–H and O–H groups in total. The second-order valence-corrected chi connectivity index (χ2v) is 10.1. The Labute approximate surface area is 212 Å². The fourth-order valence-corrected chi connectivity index (χ4v) is 6.17. The second kappa shape index (κ2) is 8.95. The smallest absolute Gasteiger partial charge is 0.229 e. The number of fused-ring (bicyclic) bond motifs is 3. The van der Waals surface area contributed by atoms with E-state index in [1.807, 2.05) is 46.7 Å². The number of rotatable bonds is 4. The number of hydrogen-bond acceptors (Lipinski definition) is 4. The quantitative estimate of drug-likeness (QED) is 0.303. The Morgan fingerprint density at radius 2 is 1.97 bits per heavy atom. The normalized spacial score (nSPS) is 17.5. The summed E-state index contributed by atoms with van der Waals surface area (Å²) in [6.07, 6.45) is 3.79. The number of carbonyl (C=O) groups excluding carboxylic acids is 1. The number of amides is 1. The molecule has 1 amide bonds. The molecule has 6 rings (SSSR count). The fourth-order valence-electron chi connectivity index (χ4n) is 5.09. The van der Waals surface area contributed by atoms with Crippen molar-refractivity contribution >= 4 is 39.7 Å². The topological polar surface area (TPSA) is 61.9 Å². The molecule has 4 heterocycles. The van der Waals surface area contributed by atoms with Crippen LogP contribution in [0.1, 0.15) is 41.4 Å². The molecular formula is C28H23ClN4OS. The van der Waals surface area contributed by atoms with Gasteiger partial charge in [0.05, 0.1) is 18.2 Å². The number of para-hydroxylation sites is 1. The van der Waals surface area contributed by atoms with E-state index >= 15 is 0 Å². The lowest BCUT2D eigenvalue weighted by atomic mass is 9.83. The molecule has 0 spiro atoms. The van der Waals surface area contributed by atoms with Crippen molar-refractivity contribution in [3.63, 3.8) is 0 Å². The number of benzene rings is 2. The summed E-state index contributed by atoms with van der Waals surface area (Å²) < 4.78 is 0. The molecule has 0 aliphatic carbocycles. The third kappa shape index (κ3) is 3.93. The van der Waals surface area contributed by atoms with Crippen molar-refractivity contribution in [2.75, 3.05) is 6.54 Å². The number of pyridine rings is 1. The van der Waals surface area contributed by atoms with Crippen LogP contribution in [-0.2, 0) is 11.2 Å². The van der Waals surface area contributed by atoms with Crippen LogP contribution in [0.5, 0.6) is 0 Å². The van der Waals surface area contributed by atoms with Gasteiger partial charge in [-0.1, -0.05) is 48.0 Å². The van der Waals surface area contributed by atoms with Gasteiger partial charge in [0.15, 0.2) is 0 Å². The van der Waals surface area contributed by atoms with Crippen LogP contribution in [0.15, 0.2) is 78.4 Å². The number of nitrogens with one attached hydrogen (secondary N) is 1. The van der Waals surface area contributed by atoms with Gasteiger partial charge in [0.2, 0.25) is 5.91 Å². The van der Waals surface area contributed by atoms with Gasteiger partial charge < -0.3 is 9.88 Å². The number of aromatic nitrogens is 3. The maximum Gasteiger partial charge on any atom is 0.229 e. The van der Waals surface area contributed by atoms with Gasteiger partial charge in [-0.2, -0.15) is 0 Å². The molecule has 0 fully saturated rings. The maximum absolute atomic E-state index is 13.6. The number of carbonyl (C=O) groups is 1. The predicted molar refractivity (Wildman–Crippen MR) is 141 cm³/mol. The Morgan fingerprint density at radius 3 is 2.80 bits per heavy atom. The van der Waals surface area contributed by atoms with Crippen LogP contribution in [-0.4, -0.2) is 32.3 Å². The highest BCUT2D eigenvalue weighted by Crippen LogP contribution is 2.44. The van der Waals surface area contributed by atoms with E-state index in [1.165, 1.54) is 22.3 Å². The van der Waals surface area contributed by atoms with Crippen molar-refractivity contribution in [3.8, 4) is 10.6 Å². The number of nitrogens with zero attached hydrogens (tertiary/aromatic N) is 3. The van der Waals surface area contributed by atoms with Crippen LogP contribution in [0.4, 0.5) is 0 Å². The first-order valence-electron chi connectivity index (χ1n) is 11.6. The van der Waals surface area contributed by atoms with Gasteiger partial charge in [0.1, 0.15) is 5.01 Å². The largest absolute Gasteiger partial charge is 0.356 e. The van der Waals surface area contributed by atoms with E-state index in [0.717, 1.165) is 38.1 Å². The van der Waals surface area contributed by atoms with Crippen LogP contribution in [0.3, 0.4) is 0 Å². The Morgan fingerprint density at radius 1 is 1.14 bits per heavy atom. The van der Waals surface area contributed by atoms with Crippen LogP contribution in [0, 0.1) is 0 Å². The zero-order chi connectivity index (χ0) is 23.9. The predicted octanol–water partition coefficient (Wildman–Crippen LogP) is 6.62. The first-order chi connectivity index (χ1) is 17.1. The van der Waals surface area contributed by atoms with Crippen LogP contribution >= 0.6 is 22.9 Å². The SMILES string of the molecule is CC1c2[nH]c3ccccc3c2C(c2ccccc2Cl)CN1C(=O)Cc1csc(-c2cccnc2)n1. The van der Waals surface area contributed by atoms with Gasteiger partial charge in [-0.3, -0.25) is 9.78 Å². The minimum atomic E-state index is -0.0833. The lowest BCUT2D eigenvalue weighted by Gasteiger charge is -2.38. The van der Waals surface area contributed by atoms with E-state index in [0.29, 0.717) is 6.54 Å². The molecule has 174 valence electrons. The highest BCUT2D eigenvalue weighted by atomic mass is 35.5. The molecule has 35 heavy (non-hydrogen) atoms. The Balaban J connectivity index is 1.36. The Hall–Kier alpha value is -3.48. The van der Waals surface area contributed by atoms with E-state index in [2.05, 4.69) is 41.2 Å². The molecule has 1 aliphatic heterocycles. The molecule has 0 saturated heterocycles. The van der Waals surface area contributed by atoms with E-state index in [1.54, 1.807) is 12.4 Å². The van der Waals surface area contributed by atoms with Crippen molar-refractivity contribution in [2.45, 2.75) is 25.3 Å². The standard InChI is InChI=1S/C28H23ClN4OS/c1-17-27-26(21-9-3-5-11-24(21)32-27)22(20-8-2-4-10-23(20)29)15-33(17)25(34)13-19-16-35-28(31-19)18-7-6-12-30-14-18/h2-12,14,16-17,22,32H,13,15H2,1H3. The van der Waals surface area contributed by atoms with Crippen molar-refractivity contribution in [1.82, 2.24) is 19.9 Å². The molecule has 0 bridgehead atoms. The summed E-state index contributed by atoms with van der Waals surface area (Å²) in [5.74, 6) is 0.0401. The average Bonchev–Trinajstić information content (AvgIpc) is 3.51. The van der Waals surface area contributed by atoms with Crippen molar-refractivity contribution in [3.05, 3.63) is 106 Å². The van der Waals surface area contributed by atoms with E-state index in [-0.39, 0.29) is 24.3 Å². The van der Waals surface area contributed by atoms with Gasteiger partial charge in [0, 0.05) is 57.4 Å². The molecule has 3 aromatic heterocycles. The zero-order valence-electron chi connectivity index (χ0n) is 19.1. The van der Waals surface area contributed by atoms with Gasteiger partial charge >= 0.3 is 0 Å². The molecule has 0 radical (unpaired) electrons. The highest BCUT2D eigenvalue weighted by Gasteiger charge is 2.37. The fraction of sp³-hybridized carbons (Fsp3) is 0.179. The van der Waals surface area contributed by atoms with E-state index < -0.39 is 0 Å². The molecule has 7 heteroatoms. The van der Waals surface area contributed by atoms with E-state index in [9.17, 15) is 4.79 Å². The van der Waals surface area contributed by atoms with Crippen molar-refractivity contribution in [2.24, 2.45) is 0 Å². The minimum Gasteiger partial charge on any atom is -0.356 e. The number of hydrogen-bond donors (Lipinski definition) is 1. The summed E-state index contributed by atoms with van der Waals surface area (Å²) in [5.41, 5.74) is 6.17. The summed E-state index contributed by atoms with van der Waals surface area (Å²) in [7, 11) is 0. The summed E-state index contributed by atoms with van der Waals surface area (Å²) in [6.45, 7) is 2.66. The van der Waals surface area contributed by atoms with Crippen LogP contribution in [0.25, 0.3) is 21.5 Å². The molecule has 5 aromatic rings. The van der Waals surface area contributed by atoms with Gasteiger partial charge in [-0.05, 0) is 42.3 Å². The molecule has 1 aliphatic rings. The number of aromatic amines is 1. The summed E-state index contributed by atoms with van der Waals surface area (Å²) in [6, 6.07) is 20.1. The Bertz CT molecular complexity index is 1530. The van der Waals surface area contributed by atoms with Crippen molar-refractivity contribution < 1.29 is 4.79 Å². The zero-order valence-corrected chi connectivity index (χ0v) is 20.7. The van der Waals surface area contributed by atoms with Crippen LogP contribution in [0.2, 0.25) is 5.02 Å². The first kappa shape index (κ1) is 22.0. The molecule has 2 aromatic carbocycles. The number of thiazole rings is 1. The van der Waals surface area contributed by atoms with Crippen LogP contribution < -0.4 is 0 Å². The Kier molecular flexibility index (Phi) is 5.63. The summed E-state index contributed by atoms with van der Waals surface area (Å²) in [5, 5.41) is 4.75. The molecule has 2 unspecified atom stereocenters. The second-order valence-electron chi connectivity index (χ2n) is 8.86. The first-order valence-corrected chi connectivity index (χ1v) is 12.8. The van der Waals surface area contributed by atoms with E-state index in [4.69, 9.17) is 16.6 Å². The lowest BCUT2D eigenvalue weighted by Crippen LogP contribution is -2.42.